The SMILES string of the molecule is CN(C(=O)c1ccccc1)c1cccc(C(=O)Nc2c(Br)cc(C(F)(C(F)(F)F)C(F)(F)F)cc2SC(F)(F)F)c1. The third-order valence-electron chi connectivity index (χ3n) is 5.52. The molecule has 0 spiro atoms. The van der Waals surface area contributed by atoms with Crippen LogP contribution in [0.3, 0.4) is 0 Å². The molecule has 0 aromatic heterocycles. The van der Waals surface area contributed by atoms with Crippen LogP contribution in [0.15, 0.2) is 76.1 Å². The summed E-state index contributed by atoms with van der Waals surface area (Å²) < 4.78 is 133. The van der Waals surface area contributed by atoms with Crippen molar-refractivity contribution in [1.29, 1.82) is 0 Å². The molecule has 220 valence electrons. The van der Waals surface area contributed by atoms with E-state index in [1.165, 1.54) is 43.4 Å². The van der Waals surface area contributed by atoms with E-state index in [0.29, 0.717) is 5.56 Å². The van der Waals surface area contributed by atoms with Gasteiger partial charge in [0.2, 0.25) is 0 Å². The Morgan fingerprint density at radius 1 is 0.780 bits per heavy atom. The number of thioether (sulfide) groups is 1. The summed E-state index contributed by atoms with van der Waals surface area (Å²) in [7, 11) is 1.38. The quantitative estimate of drug-likeness (QED) is 0.210. The first-order chi connectivity index (χ1) is 18.8. The van der Waals surface area contributed by atoms with Crippen LogP contribution in [-0.4, -0.2) is 36.7 Å². The number of hydrogen-bond acceptors (Lipinski definition) is 3. The van der Waals surface area contributed by atoms with Gasteiger partial charge in [0, 0.05) is 38.8 Å². The smallest absolute Gasteiger partial charge is 0.320 e. The van der Waals surface area contributed by atoms with Crippen molar-refractivity contribution in [1.82, 2.24) is 0 Å². The largest absolute Gasteiger partial charge is 0.446 e. The van der Waals surface area contributed by atoms with Crippen LogP contribution in [0, 0.1) is 0 Å². The minimum atomic E-state index is -6.58. The summed E-state index contributed by atoms with van der Waals surface area (Å²) in [6, 6.07) is 12.8. The Morgan fingerprint density at radius 3 is 1.88 bits per heavy atom. The standard InChI is InChI=1S/C25H15BrF10N2O2S/c1-38(21(40)13-6-3-2-4-7-13)16-9-5-8-14(10-16)20(39)37-19-17(26)11-15(12-18(19)41-25(34,35)36)22(27,23(28,29)30)24(31,32)33/h2-12H,1H3,(H,37,39). The molecule has 0 aliphatic carbocycles. The summed E-state index contributed by atoms with van der Waals surface area (Å²) in [5, 5.41) is 2.01. The van der Waals surface area contributed by atoms with Crippen LogP contribution in [0.2, 0.25) is 0 Å². The molecule has 4 nitrogen and oxygen atoms in total. The molecule has 0 atom stereocenters. The molecule has 0 aliphatic heterocycles. The lowest BCUT2D eigenvalue weighted by Crippen LogP contribution is -2.50. The van der Waals surface area contributed by atoms with E-state index in [4.69, 9.17) is 0 Å². The first-order valence-electron chi connectivity index (χ1n) is 10.9. The maximum absolute atomic E-state index is 14.6. The zero-order valence-electron chi connectivity index (χ0n) is 20.2. The van der Waals surface area contributed by atoms with Crippen LogP contribution in [0.25, 0.3) is 0 Å². The molecule has 3 aromatic rings. The molecule has 0 unspecified atom stereocenters. The van der Waals surface area contributed by atoms with Crippen molar-refractivity contribution in [2.45, 2.75) is 28.4 Å². The summed E-state index contributed by atoms with van der Waals surface area (Å²) in [5.41, 5.74) is -14.1. The minimum absolute atomic E-state index is 0.0141. The topological polar surface area (TPSA) is 49.4 Å². The van der Waals surface area contributed by atoms with Crippen molar-refractivity contribution in [2.75, 3.05) is 17.3 Å². The summed E-state index contributed by atoms with van der Waals surface area (Å²) >= 11 is 1.41. The Labute approximate surface area is 237 Å². The van der Waals surface area contributed by atoms with E-state index in [1.54, 1.807) is 18.2 Å². The Morgan fingerprint density at radius 2 is 1.34 bits per heavy atom. The lowest BCUT2D eigenvalue weighted by Gasteiger charge is -2.31. The zero-order valence-corrected chi connectivity index (χ0v) is 22.6. The van der Waals surface area contributed by atoms with Gasteiger partial charge in [0.05, 0.1) is 5.69 Å². The van der Waals surface area contributed by atoms with Crippen molar-refractivity contribution >= 4 is 50.9 Å². The molecule has 0 bridgehead atoms. The van der Waals surface area contributed by atoms with Gasteiger partial charge in [0.1, 0.15) is 0 Å². The van der Waals surface area contributed by atoms with Gasteiger partial charge in [-0.15, -0.1) is 0 Å². The highest BCUT2D eigenvalue weighted by Crippen LogP contribution is 2.55. The molecular weight excluding hydrogens is 662 g/mol. The van der Waals surface area contributed by atoms with Crippen LogP contribution in [0.1, 0.15) is 26.3 Å². The number of nitrogens with zero attached hydrogens (tertiary/aromatic N) is 1. The summed E-state index contributed by atoms with van der Waals surface area (Å²) in [4.78, 5) is 25.5. The van der Waals surface area contributed by atoms with Crippen LogP contribution in [-0.2, 0) is 5.67 Å². The van der Waals surface area contributed by atoms with Crippen LogP contribution < -0.4 is 10.2 Å². The third kappa shape index (κ3) is 6.97. The van der Waals surface area contributed by atoms with Gasteiger partial charge >= 0.3 is 23.5 Å². The van der Waals surface area contributed by atoms with E-state index in [0.717, 1.165) is 4.90 Å². The van der Waals surface area contributed by atoms with Gasteiger partial charge in [0.15, 0.2) is 0 Å². The van der Waals surface area contributed by atoms with Crippen molar-refractivity contribution < 1.29 is 53.5 Å². The molecule has 16 heteroatoms. The maximum atomic E-state index is 14.6. The van der Waals surface area contributed by atoms with Crippen molar-refractivity contribution in [3.63, 3.8) is 0 Å². The predicted octanol–water partition coefficient (Wildman–Crippen LogP) is 8.88. The molecule has 0 saturated heterocycles. The second-order valence-electron chi connectivity index (χ2n) is 8.27. The van der Waals surface area contributed by atoms with Gasteiger partial charge in [-0.3, -0.25) is 9.59 Å². The number of carbonyl (C=O) groups is 2. The van der Waals surface area contributed by atoms with Crippen LogP contribution >= 0.6 is 27.7 Å². The van der Waals surface area contributed by atoms with Crippen molar-refractivity contribution in [3.05, 3.63) is 87.9 Å². The molecule has 2 amide bonds. The predicted molar refractivity (Wildman–Crippen MR) is 135 cm³/mol. The van der Waals surface area contributed by atoms with E-state index in [2.05, 4.69) is 15.9 Å². The van der Waals surface area contributed by atoms with Crippen LogP contribution in [0.5, 0.6) is 0 Å². The molecule has 0 fully saturated rings. The average molecular weight is 677 g/mol. The Bertz CT molecular complexity index is 1430. The molecular formula is C25H15BrF10N2O2S. The van der Waals surface area contributed by atoms with Crippen molar-refractivity contribution in [2.24, 2.45) is 0 Å². The molecule has 0 aliphatic rings. The lowest BCUT2D eigenvalue weighted by molar-refractivity contribution is -0.348. The Balaban J connectivity index is 2.03. The van der Waals surface area contributed by atoms with E-state index < -0.39 is 67.7 Å². The van der Waals surface area contributed by atoms with E-state index in [-0.39, 0.29) is 23.4 Å². The lowest BCUT2D eigenvalue weighted by atomic mass is 9.94. The highest BCUT2D eigenvalue weighted by atomic mass is 79.9. The number of carbonyl (C=O) groups excluding carboxylic acids is 2. The fraction of sp³-hybridized carbons (Fsp3) is 0.200. The van der Waals surface area contributed by atoms with E-state index >= 15 is 0 Å². The van der Waals surface area contributed by atoms with Gasteiger partial charge in [-0.25, -0.2) is 4.39 Å². The second kappa shape index (κ2) is 11.5. The minimum Gasteiger partial charge on any atom is -0.320 e. The number of hydrogen-bond donors (Lipinski definition) is 1. The summed E-state index contributed by atoms with van der Waals surface area (Å²) in [5.74, 6) is -1.61. The number of halogens is 11. The fourth-order valence-electron chi connectivity index (χ4n) is 3.53. The molecule has 3 aromatic carbocycles. The van der Waals surface area contributed by atoms with Gasteiger partial charge in [-0.2, -0.15) is 39.5 Å². The van der Waals surface area contributed by atoms with E-state index in [9.17, 15) is 53.5 Å². The maximum Gasteiger partial charge on any atom is 0.446 e. The van der Waals surface area contributed by atoms with Gasteiger partial charge in [-0.1, -0.05) is 24.3 Å². The second-order valence-corrected chi connectivity index (χ2v) is 10.2. The Hall–Kier alpha value is -3.27. The molecule has 3 rings (SSSR count). The van der Waals surface area contributed by atoms with Crippen molar-refractivity contribution in [3.8, 4) is 0 Å². The number of benzene rings is 3. The summed E-state index contributed by atoms with van der Waals surface area (Å²) in [6.45, 7) is 0. The first kappa shape index (κ1) is 32.2. The average Bonchev–Trinajstić information content (AvgIpc) is 2.87. The fourth-order valence-corrected chi connectivity index (χ4v) is 4.92. The number of nitrogens with one attached hydrogen (secondary N) is 1. The summed E-state index contributed by atoms with van der Waals surface area (Å²) in [6.07, 6.45) is -13.2. The molecule has 0 radical (unpaired) electrons. The first-order valence-corrected chi connectivity index (χ1v) is 12.5. The Kier molecular flexibility index (Phi) is 9.08. The molecule has 0 heterocycles. The van der Waals surface area contributed by atoms with Gasteiger partial charge in [-0.05, 0) is 70.2 Å². The highest BCUT2D eigenvalue weighted by molar-refractivity contribution is 9.10. The highest BCUT2D eigenvalue weighted by Gasteiger charge is 2.73. The number of rotatable bonds is 6. The van der Waals surface area contributed by atoms with Crippen LogP contribution in [0.4, 0.5) is 55.3 Å². The molecule has 41 heavy (non-hydrogen) atoms. The molecule has 1 N–H and O–H groups in total. The number of anilines is 2. The zero-order chi connectivity index (χ0) is 31.0. The normalized spacial score (nSPS) is 12.7. The number of alkyl halides is 10. The van der Waals surface area contributed by atoms with E-state index in [1.807, 2.05) is 5.32 Å². The molecule has 0 saturated carbocycles. The van der Waals surface area contributed by atoms with Gasteiger partial charge in [0.25, 0.3) is 11.8 Å². The monoisotopic (exact) mass is 676 g/mol. The number of amides is 2. The van der Waals surface area contributed by atoms with Gasteiger partial charge < -0.3 is 10.2 Å². The third-order valence-corrected chi connectivity index (χ3v) is 6.92.